The quantitative estimate of drug-likeness (QED) is 0.807. The smallest absolute Gasteiger partial charge is 0.226 e. The summed E-state index contributed by atoms with van der Waals surface area (Å²) >= 11 is 1.78. The van der Waals surface area contributed by atoms with Crippen molar-refractivity contribution >= 4 is 33.3 Å². The maximum absolute atomic E-state index is 4.68. The SMILES string of the molecule is CCCNc1nc(NCC2CC2C)c2cc(CC)sc2n1. The van der Waals surface area contributed by atoms with Crippen molar-refractivity contribution in [3.05, 3.63) is 10.9 Å². The van der Waals surface area contributed by atoms with Crippen LogP contribution in [0.3, 0.4) is 0 Å². The lowest BCUT2D eigenvalue weighted by Gasteiger charge is -2.09. The van der Waals surface area contributed by atoms with Crippen molar-refractivity contribution in [2.45, 2.75) is 40.0 Å². The normalized spacial score (nSPS) is 20.7. The largest absolute Gasteiger partial charge is 0.369 e. The van der Waals surface area contributed by atoms with Gasteiger partial charge in [0, 0.05) is 18.0 Å². The van der Waals surface area contributed by atoms with E-state index in [0.29, 0.717) is 0 Å². The van der Waals surface area contributed by atoms with E-state index in [4.69, 9.17) is 0 Å². The Bertz CT molecular complexity index is 622. The average Bonchev–Trinajstić information content (AvgIpc) is 3.03. The van der Waals surface area contributed by atoms with Crippen LogP contribution in [0, 0.1) is 11.8 Å². The highest BCUT2D eigenvalue weighted by atomic mass is 32.1. The predicted molar refractivity (Wildman–Crippen MR) is 91.3 cm³/mol. The number of aromatic nitrogens is 2. The lowest BCUT2D eigenvalue weighted by molar-refractivity contribution is 0.785. The number of nitrogens with one attached hydrogen (secondary N) is 2. The summed E-state index contributed by atoms with van der Waals surface area (Å²) in [5.41, 5.74) is 0. The van der Waals surface area contributed by atoms with Gasteiger partial charge in [-0.1, -0.05) is 20.8 Å². The first-order valence-corrected chi connectivity index (χ1v) is 8.81. The van der Waals surface area contributed by atoms with Gasteiger partial charge in [-0.2, -0.15) is 4.98 Å². The van der Waals surface area contributed by atoms with Crippen LogP contribution in [-0.2, 0) is 6.42 Å². The lowest BCUT2D eigenvalue weighted by Crippen LogP contribution is -2.10. The Morgan fingerprint density at radius 2 is 2.10 bits per heavy atom. The van der Waals surface area contributed by atoms with E-state index in [2.05, 4.69) is 47.4 Å². The maximum Gasteiger partial charge on any atom is 0.226 e. The van der Waals surface area contributed by atoms with Gasteiger partial charge in [-0.25, -0.2) is 4.98 Å². The molecule has 2 N–H and O–H groups in total. The molecule has 0 bridgehead atoms. The summed E-state index contributed by atoms with van der Waals surface area (Å²) in [6.07, 6.45) is 3.47. The zero-order valence-corrected chi connectivity index (χ0v) is 13.9. The topological polar surface area (TPSA) is 49.8 Å². The Balaban J connectivity index is 1.87. The first kappa shape index (κ1) is 14.6. The summed E-state index contributed by atoms with van der Waals surface area (Å²) in [6, 6.07) is 2.24. The fourth-order valence-electron chi connectivity index (χ4n) is 2.51. The van der Waals surface area contributed by atoms with Crippen LogP contribution < -0.4 is 10.6 Å². The fourth-order valence-corrected chi connectivity index (χ4v) is 3.47. The van der Waals surface area contributed by atoms with Crippen molar-refractivity contribution in [1.82, 2.24) is 9.97 Å². The van der Waals surface area contributed by atoms with E-state index in [0.717, 1.165) is 54.4 Å². The van der Waals surface area contributed by atoms with Crippen molar-refractivity contribution in [3.8, 4) is 0 Å². The van der Waals surface area contributed by atoms with Gasteiger partial charge in [0.15, 0.2) is 0 Å². The van der Waals surface area contributed by atoms with Gasteiger partial charge in [0.2, 0.25) is 5.95 Å². The van der Waals surface area contributed by atoms with Crippen molar-refractivity contribution < 1.29 is 0 Å². The van der Waals surface area contributed by atoms with Gasteiger partial charge in [0.25, 0.3) is 0 Å². The van der Waals surface area contributed by atoms with Crippen LogP contribution in [0.25, 0.3) is 10.2 Å². The molecule has 1 aliphatic rings. The summed E-state index contributed by atoms with van der Waals surface area (Å²) in [4.78, 5) is 11.8. The maximum atomic E-state index is 4.68. The Kier molecular flexibility index (Phi) is 4.29. The van der Waals surface area contributed by atoms with Gasteiger partial charge in [0.1, 0.15) is 10.6 Å². The van der Waals surface area contributed by atoms with Crippen LogP contribution in [0.1, 0.15) is 38.5 Å². The summed E-state index contributed by atoms with van der Waals surface area (Å²) in [5.74, 6) is 3.42. The lowest BCUT2D eigenvalue weighted by atomic mass is 10.3. The number of anilines is 2. The molecule has 0 radical (unpaired) electrons. The first-order chi connectivity index (χ1) is 10.2. The van der Waals surface area contributed by atoms with Crippen LogP contribution in [0.4, 0.5) is 11.8 Å². The van der Waals surface area contributed by atoms with Crippen LogP contribution in [0.5, 0.6) is 0 Å². The molecular formula is C16H24N4S. The van der Waals surface area contributed by atoms with Crippen molar-refractivity contribution in [3.63, 3.8) is 0 Å². The molecule has 0 aliphatic heterocycles. The number of thiophene rings is 1. The van der Waals surface area contributed by atoms with Crippen molar-refractivity contribution in [2.75, 3.05) is 23.7 Å². The average molecular weight is 304 g/mol. The molecule has 4 nitrogen and oxygen atoms in total. The zero-order valence-electron chi connectivity index (χ0n) is 13.1. The van der Waals surface area contributed by atoms with Crippen LogP contribution in [0.15, 0.2) is 6.07 Å². The van der Waals surface area contributed by atoms with Crippen LogP contribution >= 0.6 is 11.3 Å². The number of aryl methyl sites for hydroxylation is 1. The minimum Gasteiger partial charge on any atom is -0.369 e. The molecule has 1 fully saturated rings. The Morgan fingerprint density at radius 3 is 2.76 bits per heavy atom. The molecule has 2 atom stereocenters. The number of fused-ring (bicyclic) bond motifs is 1. The third kappa shape index (κ3) is 3.28. The Labute approximate surface area is 130 Å². The molecule has 2 unspecified atom stereocenters. The molecule has 21 heavy (non-hydrogen) atoms. The first-order valence-electron chi connectivity index (χ1n) is 7.99. The number of rotatable bonds is 7. The standard InChI is InChI=1S/C16H24N4S/c1-4-6-17-16-19-14(18-9-11-7-10(11)3)13-8-12(5-2)21-15(13)20-16/h8,10-11H,4-7,9H2,1-3H3,(H2,17,18,19,20). The Morgan fingerprint density at radius 1 is 1.29 bits per heavy atom. The number of nitrogens with zero attached hydrogens (tertiary/aromatic N) is 2. The summed E-state index contributed by atoms with van der Waals surface area (Å²) in [6.45, 7) is 8.59. The highest BCUT2D eigenvalue weighted by Gasteiger charge is 2.32. The molecule has 5 heteroatoms. The zero-order chi connectivity index (χ0) is 14.8. The van der Waals surface area contributed by atoms with E-state index in [-0.39, 0.29) is 0 Å². The molecule has 2 heterocycles. The second-order valence-corrected chi connectivity index (χ2v) is 7.08. The monoisotopic (exact) mass is 304 g/mol. The minimum atomic E-state index is 0.750. The van der Waals surface area contributed by atoms with E-state index in [1.165, 1.54) is 16.7 Å². The number of hydrogen-bond acceptors (Lipinski definition) is 5. The van der Waals surface area contributed by atoms with Gasteiger partial charge in [-0.3, -0.25) is 0 Å². The van der Waals surface area contributed by atoms with Gasteiger partial charge < -0.3 is 10.6 Å². The van der Waals surface area contributed by atoms with Crippen molar-refractivity contribution in [1.29, 1.82) is 0 Å². The molecule has 2 aromatic rings. The second-order valence-electron chi connectivity index (χ2n) is 5.96. The van der Waals surface area contributed by atoms with E-state index < -0.39 is 0 Å². The van der Waals surface area contributed by atoms with Gasteiger partial charge in [0.05, 0.1) is 5.39 Å². The molecule has 0 spiro atoms. The highest BCUT2D eigenvalue weighted by molar-refractivity contribution is 7.18. The van der Waals surface area contributed by atoms with Crippen LogP contribution in [-0.4, -0.2) is 23.1 Å². The van der Waals surface area contributed by atoms with Gasteiger partial charge in [-0.15, -0.1) is 11.3 Å². The minimum absolute atomic E-state index is 0.750. The second kappa shape index (κ2) is 6.18. The molecule has 0 saturated heterocycles. The van der Waals surface area contributed by atoms with E-state index >= 15 is 0 Å². The molecule has 0 amide bonds. The number of hydrogen-bond donors (Lipinski definition) is 2. The molecule has 114 valence electrons. The van der Waals surface area contributed by atoms with E-state index in [1.807, 2.05) is 0 Å². The molecule has 1 saturated carbocycles. The Hall–Kier alpha value is -1.36. The molecule has 1 aliphatic carbocycles. The van der Waals surface area contributed by atoms with Crippen molar-refractivity contribution in [2.24, 2.45) is 11.8 Å². The fraction of sp³-hybridized carbons (Fsp3) is 0.625. The molecule has 0 aromatic carbocycles. The van der Waals surface area contributed by atoms with Gasteiger partial charge >= 0.3 is 0 Å². The third-order valence-corrected chi connectivity index (χ3v) is 5.31. The van der Waals surface area contributed by atoms with E-state index in [1.54, 1.807) is 11.3 Å². The van der Waals surface area contributed by atoms with Crippen LogP contribution in [0.2, 0.25) is 0 Å². The van der Waals surface area contributed by atoms with Gasteiger partial charge in [-0.05, 0) is 37.2 Å². The molecule has 3 rings (SSSR count). The van der Waals surface area contributed by atoms with E-state index in [9.17, 15) is 0 Å². The predicted octanol–water partition coefficient (Wildman–Crippen LogP) is 4.14. The summed E-state index contributed by atoms with van der Waals surface area (Å²) in [7, 11) is 0. The molecule has 2 aromatic heterocycles. The summed E-state index contributed by atoms with van der Waals surface area (Å²) in [5, 5.41) is 8.03. The highest BCUT2D eigenvalue weighted by Crippen LogP contribution is 2.38. The molecular weight excluding hydrogens is 280 g/mol. The summed E-state index contributed by atoms with van der Waals surface area (Å²) < 4.78 is 0. The third-order valence-electron chi connectivity index (χ3n) is 4.13.